The van der Waals surface area contributed by atoms with Gasteiger partial charge in [0.1, 0.15) is 0 Å². The number of nitrogens with one attached hydrogen (secondary N) is 2. The molecule has 0 heterocycles. The number of rotatable bonds is 8. The van der Waals surface area contributed by atoms with Crippen LogP contribution >= 0.6 is 0 Å². The number of alkyl halides is 3. The molecule has 0 atom stereocenters. The first-order valence-corrected chi connectivity index (χ1v) is 9.10. The van der Waals surface area contributed by atoms with Gasteiger partial charge in [0.2, 0.25) is 0 Å². The Morgan fingerprint density at radius 1 is 1.19 bits per heavy atom. The predicted molar refractivity (Wildman–Crippen MR) is 99.5 cm³/mol. The average molecular weight is 370 g/mol. The molecule has 0 aromatic heterocycles. The first-order chi connectivity index (χ1) is 12.3. The lowest BCUT2D eigenvalue weighted by Crippen LogP contribution is -2.49. The zero-order valence-electron chi connectivity index (χ0n) is 15.6. The molecule has 1 fully saturated rings. The van der Waals surface area contributed by atoms with E-state index in [4.69, 9.17) is 0 Å². The van der Waals surface area contributed by atoms with Crippen molar-refractivity contribution in [2.45, 2.75) is 37.3 Å². The smallest absolute Gasteiger partial charge is 0.356 e. The fourth-order valence-corrected chi connectivity index (χ4v) is 3.38. The molecule has 0 spiro atoms. The molecule has 0 aliphatic heterocycles. The van der Waals surface area contributed by atoms with Crippen LogP contribution in [0.25, 0.3) is 0 Å². The molecule has 26 heavy (non-hydrogen) atoms. The highest BCUT2D eigenvalue weighted by Gasteiger charge is 2.38. The molecule has 0 saturated heterocycles. The van der Waals surface area contributed by atoms with E-state index in [1.165, 1.54) is 23.9 Å². The molecule has 0 radical (unpaired) electrons. The number of nitrogens with zero attached hydrogens (tertiary/aromatic N) is 2. The van der Waals surface area contributed by atoms with Crippen LogP contribution in [0.1, 0.15) is 31.2 Å². The summed E-state index contributed by atoms with van der Waals surface area (Å²) in [5, 5.41) is 6.57. The zero-order chi connectivity index (χ0) is 19.0. The largest absolute Gasteiger partial charge is 0.401 e. The number of halogens is 3. The molecule has 2 rings (SSSR count). The maximum Gasteiger partial charge on any atom is 0.401 e. The van der Waals surface area contributed by atoms with Gasteiger partial charge >= 0.3 is 6.18 Å². The molecule has 0 unspecified atom stereocenters. The van der Waals surface area contributed by atoms with Gasteiger partial charge in [0.05, 0.1) is 6.54 Å². The van der Waals surface area contributed by atoms with Gasteiger partial charge in [-0.2, -0.15) is 13.2 Å². The lowest BCUT2D eigenvalue weighted by Gasteiger charge is -2.43. The van der Waals surface area contributed by atoms with E-state index in [9.17, 15) is 13.2 Å². The second kappa shape index (κ2) is 9.26. The van der Waals surface area contributed by atoms with Crippen molar-refractivity contribution in [2.24, 2.45) is 4.99 Å². The van der Waals surface area contributed by atoms with Gasteiger partial charge in [0.15, 0.2) is 5.96 Å². The lowest BCUT2D eigenvalue weighted by atomic mass is 9.64. The monoisotopic (exact) mass is 370 g/mol. The van der Waals surface area contributed by atoms with Crippen LogP contribution in [-0.2, 0) is 5.41 Å². The highest BCUT2D eigenvalue weighted by molar-refractivity contribution is 5.79. The molecular formula is C19H29F3N4. The van der Waals surface area contributed by atoms with E-state index in [1.807, 2.05) is 6.07 Å². The summed E-state index contributed by atoms with van der Waals surface area (Å²) in [5.41, 5.74) is 1.51. The van der Waals surface area contributed by atoms with Crippen LogP contribution in [-0.4, -0.2) is 57.3 Å². The Morgan fingerprint density at radius 2 is 1.88 bits per heavy atom. The zero-order valence-corrected chi connectivity index (χ0v) is 15.6. The Bertz CT molecular complexity index is 568. The molecule has 146 valence electrons. The van der Waals surface area contributed by atoms with Crippen molar-refractivity contribution in [2.75, 3.05) is 40.3 Å². The van der Waals surface area contributed by atoms with E-state index in [0.717, 1.165) is 19.4 Å². The number of hydrogen-bond donors (Lipinski definition) is 2. The fraction of sp³-hybridized carbons (Fsp3) is 0.632. The van der Waals surface area contributed by atoms with E-state index < -0.39 is 12.7 Å². The number of benzene rings is 1. The summed E-state index contributed by atoms with van der Waals surface area (Å²) in [6.45, 7) is 0.905. The summed E-state index contributed by atoms with van der Waals surface area (Å²) >= 11 is 0. The van der Waals surface area contributed by atoms with E-state index in [1.54, 1.807) is 7.05 Å². The van der Waals surface area contributed by atoms with Gasteiger partial charge in [-0.3, -0.25) is 9.89 Å². The van der Waals surface area contributed by atoms with Gasteiger partial charge in [0, 0.05) is 25.6 Å². The Kier molecular flexibility index (Phi) is 7.32. The second-order valence-corrected chi connectivity index (χ2v) is 7.06. The quantitative estimate of drug-likeness (QED) is 0.420. The fourth-order valence-electron chi connectivity index (χ4n) is 3.38. The molecule has 4 nitrogen and oxygen atoms in total. The van der Waals surface area contributed by atoms with E-state index in [0.29, 0.717) is 25.5 Å². The maximum absolute atomic E-state index is 12.3. The average Bonchev–Trinajstić information content (AvgIpc) is 2.55. The van der Waals surface area contributed by atoms with Crippen LogP contribution in [0, 0.1) is 0 Å². The maximum atomic E-state index is 12.3. The Labute approximate surface area is 153 Å². The van der Waals surface area contributed by atoms with Crippen molar-refractivity contribution >= 4 is 5.96 Å². The van der Waals surface area contributed by atoms with Crippen LogP contribution < -0.4 is 10.6 Å². The Morgan fingerprint density at radius 3 is 2.42 bits per heavy atom. The van der Waals surface area contributed by atoms with Gasteiger partial charge in [-0.25, -0.2) is 0 Å². The van der Waals surface area contributed by atoms with Crippen molar-refractivity contribution in [3.05, 3.63) is 35.9 Å². The Hall–Kier alpha value is -1.76. The molecule has 1 aliphatic carbocycles. The first-order valence-electron chi connectivity index (χ1n) is 9.10. The van der Waals surface area contributed by atoms with Crippen LogP contribution in [0.4, 0.5) is 13.2 Å². The molecule has 7 heteroatoms. The normalized spacial score (nSPS) is 17.1. The summed E-state index contributed by atoms with van der Waals surface area (Å²) in [5.74, 6) is 0.700. The minimum Gasteiger partial charge on any atom is -0.356 e. The van der Waals surface area contributed by atoms with E-state index in [2.05, 4.69) is 39.9 Å². The summed E-state index contributed by atoms with van der Waals surface area (Å²) in [6, 6.07) is 10.5. The molecule has 1 saturated carbocycles. The standard InChI is InChI=1S/C19H29F3N4/c1-23-17(24-12-7-13-26(2)15-19(20,21)22)25-14-18(10-6-11-18)16-8-4-3-5-9-16/h3-5,8-9H,6-7,10-15H2,1-2H3,(H2,23,24,25). The van der Waals surface area contributed by atoms with Crippen LogP contribution in [0.15, 0.2) is 35.3 Å². The van der Waals surface area contributed by atoms with Gasteiger partial charge in [-0.1, -0.05) is 36.8 Å². The van der Waals surface area contributed by atoms with E-state index >= 15 is 0 Å². The minimum atomic E-state index is -4.14. The van der Waals surface area contributed by atoms with Gasteiger partial charge in [-0.05, 0) is 38.4 Å². The van der Waals surface area contributed by atoms with E-state index in [-0.39, 0.29) is 5.41 Å². The highest BCUT2D eigenvalue weighted by atomic mass is 19.4. The molecule has 1 aromatic carbocycles. The third-order valence-corrected chi connectivity index (χ3v) is 4.97. The number of hydrogen-bond acceptors (Lipinski definition) is 2. The van der Waals surface area contributed by atoms with Crippen molar-refractivity contribution in [3.8, 4) is 0 Å². The molecule has 1 aliphatic rings. The predicted octanol–water partition coefficient (Wildman–Crippen LogP) is 3.16. The third-order valence-electron chi connectivity index (χ3n) is 4.97. The van der Waals surface area contributed by atoms with Crippen molar-refractivity contribution < 1.29 is 13.2 Å². The van der Waals surface area contributed by atoms with Gasteiger partial charge in [-0.15, -0.1) is 0 Å². The van der Waals surface area contributed by atoms with Crippen molar-refractivity contribution in [1.29, 1.82) is 0 Å². The van der Waals surface area contributed by atoms with Crippen LogP contribution in [0.2, 0.25) is 0 Å². The highest BCUT2D eigenvalue weighted by Crippen LogP contribution is 2.43. The molecule has 0 amide bonds. The van der Waals surface area contributed by atoms with Crippen LogP contribution in [0.5, 0.6) is 0 Å². The molecule has 0 bridgehead atoms. The summed E-state index contributed by atoms with van der Waals surface area (Å²) in [6.07, 6.45) is 0.0199. The minimum absolute atomic E-state index is 0.159. The van der Waals surface area contributed by atoms with Crippen LogP contribution in [0.3, 0.4) is 0 Å². The first kappa shape index (κ1) is 20.6. The number of aliphatic imine (C=N–C) groups is 1. The summed E-state index contributed by atoms with van der Waals surface area (Å²) < 4.78 is 36.9. The third kappa shape index (κ3) is 6.20. The Balaban J connectivity index is 1.73. The molecule has 2 N–H and O–H groups in total. The summed E-state index contributed by atoms with van der Waals surface area (Å²) in [7, 11) is 3.20. The second-order valence-electron chi connectivity index (χ2n) is 7.06. The van der Waals surface area contributed by atoms with Crippen molar-refractivity contribution in [1.82, 2.24) is 15.5 Å². The van der Waals surface area contributed by atoms with Gasteiger partial charge in [0.25, 0.3) is 0 Å². The van der Waals surface area contributed by atoms with Gasteiger partial charge < -0.3 is 10.6 Å². The SMILES string of the molecule is CN=C(NCCCN(C)CC(F)(F)F)NCC1(c2ccccc2)CCC1. The summed E-state index contributed by atoms with van der Waals surface area (Å²) in [4.78, 5) is 5.51. The lowest BCUT2D eigenvalue weighted by molar-refractivity contribution is -0.143. The molecular weight excluding hydrogens is 341 g/mol. The topological polar surface area (TPSA) is 39.7 Å². The van der Waals surface area contributed by atoms with Crippen molar-refractivity contribution in [3.63, 3.8) is 0 Å². The number of guanidine groups is 1. The molecule has 1 aromatic rings.